The van der Waals surface area contributed by atoms with Gasteiger partial charge in [-0.05, 0) is 51.1 Å². The van der Waals surface area contributed by atoms with Gasteiger partial charge in [0.05, 0.1) is 0 Å². The first-order valence-electron chi connectivity index (χ1n) is 7.14. The van der Waals surface area contributed by atoms with Crippen LogP contribution in [-0.4, -0.2) is 37.4 Å². The van der Waals surface area contributed by atoms with Gasteiger partial charge in [0.1, 0.15) is 5.75 Å². The molecule has 1 fully saturated rings. The maximum absolute atomic E-state index is 12.1. The second kappa shape index (κ2) is 6.66. The minimum Gasteiger partial charge on any atom is -0.406 e. The van der Waals surface area contributed by atoms with Gasteiger partial charge in [0.2, 0.25) is 0 Å². The molecule has 1 aliphatic rings. The number of ether oxygens (including phenoxy) is 1. The zero-order chi connectivity index (χ0) is 15.5. The number of nitrogens with one attached hydrogen (secondary N) is 1. The molecule has 1 aliphatic heterocycles. The average molecular weight is 302 g/mol. The predicted molar refractivity (Wildman–Crippen MR) is 75.2 cm³/mol. The van der Waals surface area contributed by atoms with Gasteiger partial charge in [0, 0.05) is 18.6 Å². The molecule has 0 bridgehead atoms. The molecule has 1 heterocycles. The lowest BCUT2D eigenvalue weighted by atomic mass is 10.1. The summed E-state index contributed by atoms with van der Waals surface area (Å²) in [5, 5.41) is 3.44. The van der Waals surface area contributed by atoms with Crippen molar-refractivity contribution in [1.82, 2.24) is 10.2 Å². The maximum Gasteiger partial charge on any atom is 0.573 e. The summed E-state index contributed by atoms with van der Waals surface area (Å²) >= 11 is 0. The summed E-state index contributed by atoms with van der Waals surface area (Å²) < 4.78 is 40.2. The summed E-state index contributed by atoms with van der Waals surface area (Å²) in [4.78, 5) is 2.21. The van der Waals surface area contributed by atoms with Crippen LogP contribution in [0.5, 0.6) is 5.75 Å². The number of rotatable bonds is 5. The van der Waals surface area contributed by atoms with Crippen molar-refractivity contribution in [1.29, 1.82) is 0 Å². The van der Waals surface area contributed by atoms with Gasteiger partial charge in [-0.1, -0.05) is 12.1 Å². The van der Waals surface area contributed by atoms with Gasteiger partial charge in [0.15, 0.2) is 0 Å². The zero-order valence-corrected chi connectivity index (χ0v) is 12.3. The molecule has 1 N–H and O–H groups in total. The molecule has 6 heteroatoms. The maximum atomic E-state index is 12.1. The standard InChI is InChI=1S/C15H21F3N2O/c1-11(20(2)10-13-4-3-9-19-13)12-5-7-14(8-6-12)21-15(16,17)18/h5-8,11,13,19H,3-4,9-10H2,1-2H3. The third-order valence-electron chi connectivity index (χ3n) is 3.93. The van der Waals surface area contributed by atoms with E-state index in [-0.39, 0.29) is 11.8 Å². The Balaban J connectivity index is 1.93. The number of halogens is 3. The fourth-order valence-corrected chi connectivity index (χ4v) is 2.62. The fraction of sp³-hybridized carbons (Fsp3) is 0.600. The monoisotopic (exact) mass is 302 g/mol. The Morgan fingerprint density at radius 3 is 2.52 bits per heavy atom. The molecule has 2 atom stereocenters. The van der Waals surface area contributed by atoms with Crippen molar-refractivity contribution in [2.24, 2.45) is 0 Å². The van der Waals surface area contributed by atoms with Crippen LogP contribution in [0.15, 0.2) is 24.3 Å². The lowest BCUT2D eigenvalue weighted by Gasteiger charge is -2.28. The fourth-order valence-electron chi connectivity index (χ4n) is 2.62. The molecule has 0 spiro atoms. The van der Waals surface area contributed by atoms with E-state index in [1.54, 1.807) is 12.1 Å². The summed E-state index contributed by atoms with van der Waals surface area (Å²) in [6.45, 7) is 4.05. The van der Waals surface area contributed by atoms with E-state index < -0.39 is 6.36 Å². The van der Waals surface area contributed by atoms with Crippen molar-refractivity contribution < 1.29 is 17.9 Å². The van der Waals surface area contributed by atoms with Crippen LogP contribution >= 0.6 is 0 Å². The summed E-state index contributed by atoms with van der Waals surface area (Å²) in [5.74, 6) is -0.182. The Morgan fingerprint density at radius 1 is 1.33 bits per heavy atom. The number of benzene rings is 1. The van der Waals surface area contributed by atoms with Crippen molar-refractivity contribution >= 4 is 0 Å². The minimum absolute atomic E-state index is 0.146. The summed E-state index contributed by atoms with van der Waals surface area (Å²) in [7, 11) is 2.03. The van der Waals surface area contributed by atoms with Crippen molar-refractivity contribution in [3.63, 3.8) is 0 Å². The SMILES string of the molecule is CC(c1ccc(OC(F)(F)F)cc1)N(C)CC1CCCN1. The summed E-state index contributed by atoms with van der Waals surface area (Å²) in [6.07, 6.45) is -2.26. The van der Waals surface area contributed by atoms with Crippen molar-refractivity contribution in [2.75, 3.05) is 20.1 Å². The first-order valence-corrected chi connectivity index (χ1v) is 7.14. The summed E-state index contributed by atoms with van der Waals surface area (Å²) in [6, 6.07) is 6.74. The van der Waals surface area contributed by atoms with Crippen LogP contribution in [0.4, 0.5) is 13.2 Å². The van der Waals surface area contributed by atoms with E-state index in [1.165, 1.54) is 25.0 Å². The van der Waals surface area contributed by atoms with E-state index in [2.05, 4.69) is 21.9 Å². The Labute approximate surface area is 123 Å². The first kappa shape index (κ1) is 16.1. The van der Waals surface area contributed by atoms with E-state index in [0.717, 1.165) is 18.7 Å². The number of alkyl halides is 3. The Kier molecular flexibility index (Phi) is 5.11. The third kappa shape index (κ3) is 4.89. The molecule has 3 nitrogen and oxygen atoms in total. The molecule has 21 heavy (non-hydrogen) atoms. The number of likely N-dealkylation sites (N-methyl/N-ethyl adjacent to an activating group) is 1. The van der Waals surface area contributed by atoms with Crippen LogP contribution in [0, 0.1) is 0 Å². The van der Waals surface area contributed by atoms with Crippen LogP contribution in [0.2, 0.25) is 0 Å². The highest BCUT2D eigenvalue weighted by atomic mass is 19.4. The minimum atomic E-state index is -4.64. The molecule has 2 unspecified atom stereocenters. The van der Waals surface area contributed by atoms with Crippen molar-refractivity contribution in [3.05, 3.63) is 29.8 Å². The molecular formula is C15H21F3N2O. The largest absolute Gasteiger partial charge is 0.573 e. The quantitative estimate of drug-likeness (QED) is 0.903. The second-order valence-electron chi connectivity index (χ2n) is 5.53. The molecule has 0 amide bonds. The summed E-state index contributed by atoms with van der Waals surface area (Å²) in [5.41, 5.74) is 0.977. The lowest BCUT2D eigenvalue weighted by molar-refractivity contribution is -0.274. The smallest absolute Gasteiger partial charge is 0.406 e. The molecule has 0 aliphatic carbocycles. The zero-order valence-electron chi connectivity index (χ0n) is 12.3. The van der Waals surface area contributed by atoms with Crippen LogP contribution in [0.25, 0.3) is 0 Å². The topological polar surface area (TPSA) is 24.5 Å². The molecule has 0 aromatic heterocycles. The van der Waals surface area contributed by atoms with Gasteiger partial charge in [-0.3, -0.25) is 4.90 Å². The average Bonchev–Trinajstić information content (AvgIpc) is 2.90. The molecule has 2 rings (SSSR count). The van der Waals surface area contributed by atoms with Crippen molar-refractivity contribution in [3.8, 4) is 5.75 Å². The van der Waals surface area contributed by atoms with E-state index in [4.69, 9.17) is 0 Å². The van der Waals surface area contributed by atoms with E-state index in [1.807, 2.05) is 7.05 Å². The highest BCUT2D eigenvalue weighted by molar-refractivity contribution is 5.29. The van der Waals surface area contributed by atoms with Crippen molar-refractivity contribution in [2.45, 2.75) is 38.2 Å². The molecule has 1 aromatic carbocycles. The van der Waals surface area contributed by atoms with Crippen LogP contribution < -0.4 is 10.1 Å². The van der Waals surface area contributed by atoms with Gasteiger partial charge in [-0.15, -0.1) is 13.2 Å². The van der Waals surface area contributed by atoms with Gasteiger partial charge < -0.3 is 10.1 Å². The van der Waals surface area contributed by atoms with Crippen LogP contribution in [0.1, 0.15) is 31.4 Å². The Hall–Kier alpha value is -1.27. The van der Waals surface area contributed by atoms with Gasteiger partial charge in [-0.2, -0.15) is 0 Å². The molecule has 1 saturated heterocycles. The number of hydrogen-bond donors (Lipinski definition) is 1. The Bertz CT molecular complexity index is 441. The third-order valence-corrected chi connectivity index (χ3v) is 3.93. The molecule has 118 valence electrons. The molecule has 0 saturated carbocycles. The van der Waals surface area contributed by atoms with Crippen LogP contribution in [0.3, 0.4) is 0 Å². The van der Waals surface area contributed by atoms with E-state index >= 15 is 0 Å². The van der Waals surface area contributed by atoms with E-state index in [9.17, 15) is 13.2 Å². The molecule has 0 radical (unpaired) electrons. The van der Waals surface area contributed by atoms with Gasteiger partial charge in [0.25, 0.3) is 0 Å². The highest BCUT2D eigenvalue weighted by Gasteiger charge is 2.31. The van der Waals surface area contributed by atoms with Gasteiger partial charge in [-0.25, -0.2) is 0 Å². The highest BCUT2D eigenvalue weighted by Crippen LogP contribution is 2.26. The Morgan fingerprint density at radius 2 is 2.00 bits per heavy atom. The normalized spacial score (nSPS) is 20.8. The first-order chi connectivity index (χ1) is 9.85. The number of hydrogen-bond acceptors (Lipinski definition) is 3. The molecular weight excluding hydrogens is 281 g/mol. The molecule has 1 aromatic rings. The van der Waals surface area contributed by atoms with Crippen LogP contribution in [-0.2, 0) is 0 Å². The second-order valence-corrected chi connectivity index (χ2v) is 5.53. The van der Waals surface area contributed by atoms with Gasteiger partial charge >= 0.3 is 6.36 Å². The number of nitrogens with zero attached hydrogens (tertiary/aromatic N) is 1. The predicted octanol–water partition coefficient (Wildman–Crippen LogP) is 3.33. The lowest BCUT2D eigenvalue weighted by Crippen LogP contribution is -2.36. The van der Waals surface area contributed by atoms with E-state index in [0.29, 0.717) is 6.04 Å².